The normalized spacial score (nSPS) is 18.1. The van der Waals surface area contributed by atoms with Gasteiger partial charge in [0.2, 0.25) is 5.89 Å². The van der Waals surface area contributed by atoms with Gasteiger partial charge in [0.15, 0.2) is 0 Å². The van der Waals surface area contributed by atoms with E-state index in [2.05, 4.69) is 34.7 Å². The van der Waals surface area contributed by atoms with E-state index in [4.69, 9.17) is 4.42 Å². The molecule has 1 saturated carbocycles. The third-order valence-electron chi connectivity index (χ3n) is 4.14. The van der Waals surface area contributed by atoms with Crippen molar-refractivity contribution in [3.63, 3.8) is 0 Å². The average Bonchev–Trinajstić information content (AvgIpc) is 2.93. The van der Waals surface area contributed by atoms with Crippen molar-refractivity contribution in [3.05, 3.63) is 5.89 Å². The van der Waals surface area contributed by atoms with Gasteiger partial charge >= 0.3 is 6.01 Å². The number of nitrogens with zero attached hydrogens (tertiary/aromatic N) is 2. The van der Waals surface area contributed by atoms with Gasteiger partial charge in [-0.3, -0.25) is 0 Å². The highest BCUT2D eigenvalue weighted by Gasteiger charge is 2.23. The van der Waals surface area contributed by atoms with Crippen LogP contribution in [0.15, 0.2) is 4.42 Å². The zero-order valence-corrected chi connectivity index (χ0v) is 12.8. The summed E-state index contributed by atoms with van der Waals surface area (Å²) in [5.41, 5.74) is 0. The molecule has 5 nitrogen and oxygen atoms in total. The first-order chi connectivity index (χ1) is 9.83. The smallest absolute Gasteiger partial charge is 0.315 e. The van der Waals surface area contributed by atoms with E-state index >= 15 is 0 Å². The van der Waals surface area contributed by atoms with Gasteiger partial charge in [-0.2, -0.15) is 0 Å². The number of hydrogen-bond donors (Lipinski definition) is 2. The predicted molar refractivity (Wildman–Crippen MR) is 80.6 cm³/mol. The molecule has 0 radical (unpaired) electrons. The largest absolute Gasteiger partial charge is 0.407 e. The van der Waals surface area contributed by atoms with Gasteiger partial charge in [-0.1, -0.05) is 38.2 Å². The molecule has 20 heavy (non-hydrogen) atoms. The number of aromatic nitrogens is 2. The van der Waals surface area contributed by atoms with Crippen molar-refractivity contribution in [2.75, 3.05) is 11.9 Å². The van der Waals surface area contributed by atoms with E-state index in [0.717, 1.165) is 25.3 Å². The zero-order chi connectivity index (χ0) is 14.2. The minimum Gasteiger partial charge on any atom is -0.407 e. The summed E-state index contributed by atoms with van der Waals surface area (Å²) in [5.74, 6) is 1.42. The van der Waals surface area contributed by atoms with E-state index in [0.29, 0.717) is 24.5 Å². The Morgan fingerprint density at radius 3 is 2.70 bits per heavy atom. The molecule has 0 aromatic carbocycles. The molecule has 0 saturated heterocycles. The summed E-state index contributed by atoms with van der Waals surface area (Å²) in [4.78, 5) is 0. The molecule has 1 atom stereocenters. The van der Waals surface area contributed by atoms with Crippen LogP contribution >= 0.6 is 0 Å². The highest BCUT2D eigenvalue weighted by molar-refractivity contribution is 5.20. The molecule has 1 heterocycles. The molecule has 1 unspecified atom stereocenters. The molecule has 1 aromatic heterocycles. The molecule has 114 valence electrons. The topological polar surface area (TPSA) is 63.0 Å². The Bertz CT molecular complexity index is 374. The van der Waals surface area contributed by atoms with E-state index in [1.807, 2.05) is 0 Å². The molecule has 0 spiro atoms. The lowest BCUT2D eigenvalue weighted by atomic mass is 9.83. The van der Waals surface area contributed by atoms with Crippen LogP contribution in [0.2, 0.25) is 0 Å². The molecule has 0 aliphatic heterocycles. The summed E-state index contributed by atoms with van der Waals surface area (Å²) in [6.45, 7) is 6.00. The van der Waals surface area contributed by atoms with Gasteiger partial charge in [0.1, 0.15) is 0 Å². The van der Waals surface area contributed by atoms with E-state index in [9.17, 15) is 0 Å². The van der Waals surface area contributed by atoms with Gasteiger partial charge in [-0.05, 0) is 38.1 Å². The Morgan fingerprint density at radius 1 is 1.20 bits per heavy atom. The fraction of sp³-hybridized carbons (Fsp3) is 0.867. The summed E-state index contributed by atoms with van der Waals surface area (Å²) < 4.78 is 5.66. The van der Waals surface area contributed by atoms with E-state index < -0.39 is 0 Å². The SMILES string of the molecule is CCCNCc1nnc(NC(CC)C2CCCCC2)o1. The summed E-state index contributed by atoms with van der Waals surface area (Å²) in [6, 6.07) is 1.04. The maximum absolute atomic E-state index is 5.66. The molecule has 0 bridgehead atoms. The molecule has 0 amide bonds. The second kappa shape index (κ2) is 8.25. The summed E-state index contributed by atoms with van der Waals surface area (Å²) in [7, 11) is 0. The Balaban J connectivity index is 1.84. The highest BCUT2D eigenvalue weighted by Crippen LogP contribution is 2.29. The van der Waals surface area contributed by atoms with Crippen LogP contribution in [0, 0.1) is 5.92 Å². The monoisotopic (exact) mass is 280 g/mol. The Morgan fingerprint density at radius 2 is 2.00 bits per heavy atom. The molecule has 1 aliphatic rings. The van der Waals surface area contributed by atoms with Gasteiger partial charge in [-0.15, -0.1) is 5.10 Å². The van der Waals surface area contributed by atoms with Crippen LogP contribution in [-0.4, -0.2) is 22.8 Å². The molecule has 1 aliphatic carbocycles. The van der Waals surface area contributed by atoms with Gasteiger partial charge in [-0.25, -0.2) is 0 Å². The highest BCUT2D eigenvalue weighted by atomic mass is 16.4. The van der Waals surface area contributed by atoms with Crippen LogP contribution in [0.4, 0.5) is 6.01 Å². The molecular weight excluding hydrogens is 252 g/mol. The van der Waals surface area contributed by atoms with Crippen molar-refractivity contribution in [2.24, 2.45) is 5.92 Å². The third-order valence-corrected chi connectivity index (χ3v) is 4.14. The van der Waals surface area contributed by atoms with Crippen LogP contribution < -0.4 is 10.6 Å². The first-order valence-corrected chi connectivity index (χ1v) is 8.13. The molecule has 2 rings (SSSR count). The van der Waals surface area contributed by atoms with Gasteiger partial charge < -0.3 is 15.1 Å². The van der Waals surface area contributed by atoms with Crippen molar-refractivity contribution >= 4 is 6.01 Å². The standard InChI is InChI=1S/C15H28N4O/c1-3-10-16-11-14-18-19-15(20-14)17-13(4-2)12-8-6-5-7-9-12/h12-13,16H,3-11H2,1-2H3,(H,17,19). The van der Waals surface area contributed by atoms with Gasteiger partial charge in [0, 0.05) is 6.04 Å². The second-order valence-electron chi connectivity index (χ2n) is 5.73. The van der Waals surface area contributed by atoms with Crippen molar-refractivity contribution in [3.8, 4) is 0 Å². The second-order valence-corrected chi connectivity index (χ2v) is 5.73. The molecule has 5 heteroatoms. The lowest BCUT2D eigenvalue weighted by Gasteiger charge is -2.29. The number of nitrogens with one attached hydrogen (secondary N) is 2. The maximum atomic E-state index is 5.66. The first-order valence-electron chi connectivity index (χ1n) is 8.13. The third kappa shape index (κ3) is 4.47. The quantitative estimate of drug-likeness (QED) is 0.715. The van der Waals surface area contributed by atoms with Crippen LogP contribution in [0.25, 0.3) is 0 Å². The minimum absolute atomic E-state index is 0.465. The van der Waals surface area contributed by atoms with Crippen molar-refractivity contribution < 1.29 is 4.42 Å². The van der Waals surface area contributed by atoms with Crippen molar-refractivity contribution in [2.45, 2.75) is 71.4 Å². The van der Waals surface area contributed by atoms with Crippen LogP contribution in [0.3, 0.4) is 0 Å². The Kier molecular flexibility index (Phi) is 6.30. The molecule has 1 fully saturated rings. The molecular formula is C15H28N4O. The van der Waals surface area contributed by atoms with E-state index in [-0.39, 0.29) is 0 Å². The summed E-state index contributed by atoms with van der Waals surface area (Å²) in [6.07, 6.45) is 8.98. The van der Waals surface area contributed by atoms with Crippen LogP contribution in [0.1, 0.15) is 64.7 Å². The van der Waals surface area contributed by atoms with E-state index in [1.54, 1.807) is 0 Å². The summed E-state index contributed by atoms with van der Waals surface area (Å²) in [5, 5.41) is 14.9. The van der Waals surface area contributed by atoms with Crippen molar-refractivity contribution in [1.29, 1.82) is 0 Å². The van der Waals surface area contributed by atoms with Crippen LogP contribution in [0.5, 0.6) is 0 Å². The minimum atomic E-state index is 0.465. The number of hydrogen-bond acceptors (Lipinski definition) is 5. The zero-order valence-electron chi connectivity index (χ0n) is 12.8. The Hall–Kier alpha value is -1.10. The predicted octanol–water partition coefficient (Wildman–Crippen LogP) is 3.34. The Labute approximate surface area is 121 Å². The average molecular weight is 280 g/mol. The molecule has 1 aromatic rings. The van der Waals surface area contributed by atoms with Gasteiger partial charge in [0.05, 0.1) is 6.54 Å². The maximum Gasteiger partial charge on any atom is 0.315 e. The van der Waals surface area contributed by atoms with Gasteiger partial charge in [0.25, 0.3) is 0 Å². The lowest BCUT2D eigenvalue weighted by Crippen LogP contribution is -2.30. The number of rotatable bonds is 8. The van der Waals surface area contributed by atoms with Crippen molar-refractivity contribution in [1.82, 2.24) is 15.5 Å². The lowest BCUT2D eigenvalue weighted by molar-refractivity contribution is 0.308. The van der Waals surface area contributed by atoms with E-state index in [1.165, 1.54) is 32.1 Å². The fourth-order valence-corrected chi connectivity index (χ4v) is 3.00. The number of anilines is 1. The first kappa shape index (κ1) is 15.3. The van der Waals surface area contributed by atoms with Crippen LogP contribution in [-0.2, 0) is 6.54 Å². The fourth-order valence-electron chi connectivity index (χ4n) is 3.00. The molecule has 2 N–H and O–H groups in total. The summed E-state index contributed by atoms with van der Waals surface area (Å²) >= 11 is 0.